The molecule has 0 unspecified atom stereocenters. The first-order chi connectivity index (χ1) is 8.57. The third-order valence-electron chi connectivity index (χ3n) is 4.38. The van der Waals surface area contributed by atoms with Gasteiger partial charge in [-0.05, 0) is 43.1 Å². The zero-order valence-corrected chi connectivity index (χ0v) is 14.9. The summed E-state index contributed by atoms with van der Waals surface area (Å²) in [6.07, 6.45) is 1.86. The van der Waals surface area contributed by atoms with Crippen molar-refractivity contribution < 1.29 is 8.82 Å². The predicted octanol–water partition coefficient (Wildman–Crippen LogP) is 5.60. The van der Waals surface area contributed by atoms with Gasteiger partial charge in [0.15, 0.2) is 8.32 Å². The molecule has 0 bridgehead atoms. The molecule has 0 amide bonds. The SMILES string of the molecule is CC(C)(C)[Si](C)(C)OC1(c2ccc(Br)cc2F)CC1. The second kappa shape index (κ2) is 4.67. The summed E-state index contributed by atoms with van der Waals surface area (Å²) in [4.78, 5) is 0. The molecule has 1 aromatic carbocycles. The molecule has 1 nitrogen and oxygen atoms in total. The Morgan fingerprint density at radius 1 is 1.26 bits per heavy atom. The zero-order chi connectivity index (χ0) is 14.5. The fraction of sp³-hybridized carbons (Fsp3) is 0.600. The summed E-state index contributed by atoms with van der Waals surface area (Å²) in [5.74, 6) is -0.161. The van der Waals surface area contributed by atoms with Crippen LogP contribution >= 0.6 is 15.9 Å². The van der Waals surface area contributed by atoms with E-state index in [0.717, 1.165) is 22.9 Å². The molecule has 0 saturated heterocycles. The molecule has 4 heteroatoms. The summed E-state index contributed by atoms with van der Waals surface area (Å²) in [5, 5.41) is 0.147. The minimum absolute atomic E-state index is 0.147. The van der Waals surface area contributed by atoms with E-state index in [1.807, 2.05) is 12.1 Å². The Balaban J connectivity index is 2.30. The van der Waals surface area contributed by atoms with Gasteiger partial charge >= 0.3 is 0 Å². The molecule has 1 fully saturated rings. The van der Waals surface area contributed by atoms with Gasteiger partial charge in [-0.3, -0.25) is 0 Å². The lowest BCUT2D eigenvalue weighted by molar-refractivity contribution is 0.154. The van der Waals surface area contributed by atoms with Crippen molar-refractivity contribution in [2.24, 2.45) is 0 Å². The van der Waals surface area contributed by atoms with Crippen LogP contribution < -0.4 is 0 Å². The van der Waals surface area contributed by atoms with Crippen LogP contribution in [0.2, 0.25) is 18.1 Å². The van der Waals surface area contributed by atoms with Crippen LogP contribution in [0.25, 0.3) is 0 Å². The number of hydrogen-bond donors (Lipinski definition) is 0. The molecule has 1 saturated carbocycles. The number of benzene rings is 1. The first-order valence-corrected chi connectivity index (χ1v) is 10.4. The van der Waals surface area contributed by atoms with Crippen LogP contribution in [0.4, 0.5) is 4.39 Å². The van der Waals surface area contributed by atoms with Crippen molar-refractivity contribution in [3.63, 3.8) is 0 Å². The molecule has 0 atom stereocenters. The van der Waals surface area contributed by atoms with E-state index < -0.39 is 8.32 Å². The molecular weight excluding hydrogens is 323 g/mol. The Hall–Kier alpha value is -0.193. The van der Waals surface area contributed by atoms with Gasteiger partial charge in [0.1, 0.15) is 5.82 Å². The van der Waals surface area contributed by atoms with Gasteiger partial charge in [-0.25, -0.2) is 4.39 Å². The third kappa shape index (κ3) is 2.95. The number of rotatable bonds is 3. The molecule has 1 aliphatic carbocycles. The molecule has 1 aliphatic rings. The zero-order valence-electron chi connectivity index (χ0n) is 12.3. The molecule has 0 radical (unpaired) electrons. The van der Waals surface area contributed by atoms with E-state index in [1.54, 1.807) is 0 Å². The Morgan fingerprint density at radius 2 is 1.84 bits per heavy atom. The second-order valence-electron chi connectivity index (χ2n) is 6.98. The van der Waals surface area contributed by atoms with Gasteiger partial charge in [0.2, 0.25) is 0 Å². The third-order valence-corrected chi connectivity index (χ3v) is 9.39. The van der Waals surface area contributed by atoms with Crippen LogP contribution in [0, 0.1) is 5.82 Å². The normalized spacial score (nSPS) is 18.5. The monoisotopic (exact) mass is 344 g/mol. The quantitative estimate of drug-likeness (QED) is 0.648. The van der Waals surface area contributed by atoms with E-state index in [4.69, 9.17) is 4.43 Å². The van der Waals surface area contributed by atoms with Crippen molar-refractivity contribution in [1.82, 2.24) is 0 Å². The van der Waals surface area contributed by atoms with Gasteiger partial charge in [0, 0.05) is 10.0 Å². The highest BCUT2D eigenvalue weighted by Crippen LogP contribution is 2.54. The topological polar surface area (TPSA) is 9.23 Å². The van der Waals surface area contributed by atoms with Gasteiger partial charge in [-0.15, -0.1) is 0 Å². The first-order valence-electron chi connectivity index (χ1n) is 6.73. The van der Waals surface area contributed by atoms with Crippen LogP contribution in [0.5, 0.6) is 0 Å². The largest absolute Gasteiger partial charge is 0.407 e. The summed E-state index contributed by atoms with van der Waals surface area (Å²) < 4.78 is 21.4. The highest BCUT2D eigenvalue weighted by molar-refractivity contribution is 9.10. The Labute approximate surface area is 124 Å². The molecule has 2 rings (SSSR count). The Bertz CT molecular complexity index is 489. The minimum atomic E-state index is -1.88. The van der Waals surface area contributed by atoms with Crippen LogP contribution in [-0.4, -0.2) is 8.32 Å². The van der Waals surface area contributed by atoms with Crippen molar-refractivity contribution in [2.45, 2.75) is 57.3 Å². The molecule has 106 valence electrons. The summed E-state index contributed by atoms with van der Waals surface area (Å²) in [6.45, 7) is 11.1. The molecule has 0 heterocycles. The molecule has 19 heavy (non-hydrogen) atoms. The van der Waals surface area contributed by atoms with E-state index in [-0.39, 0.29) is 16.5 Å². The first kappa shape index (κ1) is 15.2. The fourth-order valence-corrected chi connectivity index (χ4v) is 3.97. The van der Waals surface area contributed by atoms with Crippen molar-refractivity contribution in [2.75, 3.05) is 0 Å². The van der Waals surface area contributed by atoms with Crippen LogP contribution in [-0.2, 0) is 10.0 Å². The standard InChI is InChI=1S/C15H22BrFOSi/c1-14(2,3)19(4,5)18-15(8-9-15)12-7-6-11(16)10-13(12)17/h6-7,10H,8-9H2,1-5H3. The lowest BCUT2D eigenvalue weighted by Crippen LogP contribution is -2.44. The Morgan fingerprint density at radius 3 is 2.26 bits per heavy atom. The van der Waals surface area contributed by atoms with Crippen LogP contribution in [0.15, 0.2) is 22.7 Å². The average Bonchev–Trinajstić information content (AvgIpc) is 2.95. The summed E-state index contributed by atoms with van der Waals surface area (Å²) >= 11 is 3.30. The highest BCUT2D eigenvalue weighted by atomic mass is 79.9. The van der Waals surface area contributed by atoms with E-state index in [9.17, 15) is 4.39 Å². The molecule has 0 aliphatic heterocycles. The second-order valence-corrected chi connectivity index (χ2v) is 12.6. The Kier molecular flexibility index (Phi) is 3.74. The molecule has 0 N–H and O–H groups in total. The lowest BCUT2D eigenvalue weighted by atomic mass is 10.1. The van der Waals surface area contributed by atoms with Gasteiger partial charge in [0.05, 0.1) is 5.60 Å². The predicted molar refractivity (Wildman–Crippen MR) is 83.3 cm³/mol. The maximum absolute atomic E-state index is 14.2. The van der Waals surface area contributed by atoms with Crippen LogP contribution in [0.3, 0.4) is 0 Å². The van der Waals surface area contributed by atoms with E-state index in [0.29, 0.717) is 0 Å². The van der Waals surface area contributed by atoms with Gasteiger partial charge < -0.3 is 4.43 Å². The molecule has 0 spiro atoms. The maximum atomic E-state index is 14.2. The lowest BCUT2D eigenvalue weighted by Gasteiger charge is -2.39. The summed E-state index contributed by atoms with van der Waals surface area (Å²) in [6, 6.07) is 5.29. The smallest absolute Gasteiger partial charge is 0.193 e. The van der Waals surface area contributed by atoms with Crippen molar-refractivity contribution >= 4 is 24.2 Å². The number of halogens is 2. The van der Waals surface area contributed by atoms with Crippen molar-refractivity contribution in [3.05, 3.63) is 34.1 Å². The maximum Gasteiger partial charge on any atom is 0.193 e. The molecule has 1 aromatic rings. The van der Waals surface area contributed by atoms with Gasteiger partial charge in [-0.2, -0.15) is 0 Å². The van der Waals surface area contributed by atoms with Crippen LogP contribution in [0.1, 0.15) is 39.2 Å². The van der Waals surface area contributed by atoms with Crippen molar-refractivity contribution in [3.8, 4) is 0 Å². The fourth-order valence-electron chi connectivity index (χ4n) is 2.04. The molecule has 0 aromatic heterocycles. The van der Waals surface area contributed by atoms with Gasteiger partial charge in [-0.1, -0.05) is 42.8 Å². The average molecular weight is 345 g/mol. The van der Waals surface area contributed by atoms with E-state index >= 15 is 0 Å². The highest BCUT2D eigenvalue weighted by Gasteiger charge is 2.53. The van der Waals surface area contributed by atoms with Crippen molar-refractivity contribution in [1.29, 1.82) is 0 Å². The number of hydrogen-bond acceptors (Lipinski definition) is 1. The molecular formula is C15H22BrFOSi. The van der Waals surface area contributed by atoms with E-state index in [1.165, 1.54) is 6.07 Å². The summed E-state index contributed by atoms with van der Waals surface area (Å²) in [5.41, 5.74) is 0.355. The summed E-state index contributed by atoms with van der Waals surface area (Å²) in [7, 11) is -1.88. The minimum Gasteiger partial charge on any atom is -0.407 e. The van der Waals surface area contributed by atoms with Gasteiger partial charge in [0.25, 0.3) is 0 Å². The van der Waals surface area contributed by atoms with E-state index in [2.05, 4.69) is 49.8 Å².